The molecule has 0 saturated carbocycles. The van der Waals surface area contributed by atoms with Gasteiger partial charge < -0.3 is 10.2 Å². The van der Waals surface area contributed by atoms with Gasteiger partial charge in [0.05, 0.1) is 5.69 Å². The van der Waals surface area contributed by atoms with Crippen molar-refractivity contribution in [2.75, 3.05) is 39.8 Å². The first-order valence-electron chi connectivity index (χ1n) is 7.29. The van der Waals surface area contributed by atoms with E-state index >= 15 is 0 Å². The van der Waals surface area contributed by atoms with Crippen LogP contribution in [0.15, 0.2) is 24.4 Å². The molecule has 2 rings (SSSR count). The Bertz CT molecular complexity index is 354. The van der Waals surface area contributed by atoms with Crippen LogP contribution in [0.2, 0.25) is 0 Å². The molecule has 2 heterocycles. The van der Waals surface area contributed by atoms with E-state index < -0.39 is 0 Å². The summed E-state index contributed by atoms with van der Waals surface area (Å²) in [5.41, 5.74) is 1.12. The molecule has 1 N–H and O–H groups in total. The number of nitrogens with one attached hydrogen (secondary N) is 1. The van der Waals surface area contributed by atoms with Crippen molar-refractivity contribution in [3.05, 3.63) is 30.1 Å². The molecule has 0 spiro atoms. The normalized spacial score (nSPS) is 22.3. The van der Waals surface area contributed by atoms with Crippen molar-refractivity contribution in [3.8, 4) is 0 Å². The highest BCUT2D eigenvalue weighted by molar-refractivity contribution is 5.02. The molecule has 1 saturated heterocycles. The van der Waals surface area contributed by atoms with Crippen LogP contribution in [-0.4, -0.2) is 60.6 Å². The lowest BCUT2D eigenvalue weighted by Gasteiger charge is -2.27. The van der Waals surface area contributed by atoms with Crippen LogP contribution in [0.3, 0.4) is 0 Å². The fourth-order valence-electron chi connectivity index (χ4n) is 2.70. The monoisotopic (exact) mass is 262 g/mol. The Morgan fingerprint density at radius 3 is 3.05 bits per heavy atom. The van der Waals surface area contributed by atoms with Crippen molar-refractivity contribution in [2.45, 2.75) is 25.9 Å². The van der Waals surface area contributed by atoms with Crippen molar-refractivity contribution >= 4 is 0 Å². The molecule has 4 nitrogen and oxygen atoms in total. The topological polar surface area (TPSA) is 31.4 Å². The Labute approximate surface area is 116 Å². The van der Waals surface area contributed by atoms with Gasteiger partial charge in [-0.05, 0) is 45.6 Å². The molecule has 0 bridgehead atoms. The second-order valence-electron chi connectivity index (χ2n) is 5.50. The van der Waals surface area contributed by atoms with Crippen LogP contribution in [0.4, 0.5) is 0 Å². The SMILES string of the molecule is CC1CN(C)CCCN1CCNCc1ccccn1. The zero-order valence-electron chi connectivity index (χ0n) is 12.2. The van der Waals surface area contributed by atoms with Gasteiger partial charge in [0.15, 0.2) is 0 Å². The minimum atomic E-state index is 0.657. The van der Waals surface area contributed by atoms with Gasteiger partial charge in [0.1, 0.15) is 0 Å². The third kappa shape index (κ3) is 4.90. The zero-order valence-corrected chi connectivity index (χ0v) is 12.2. The highest BCUT2D eigenvalue weighted by Gasteiger charge is 2.18. The number of pyridine rings is 1. The van der Waals surface area contributed by atoms with E-state index in [2.05, 4.69) is 40.1 Å². The van der Waals surface area contributed by atoms with E-state index in [0.717, 1.165) is 25.3 Å². The highest BCUT2D eigenvalue weighted by atomic mass is 15.2. The lowest BCUT2D eigenvalue weighted by molar-refractivity contribution is 0.202. The molecule has 1 aromatic rings. The summed E-state index contributed by atoms with van der Waals surface area (Å²) in [6, 6.07) is 6.72. The van der Waals surface area contributed by atoms with Gasteiger partial charge in [-0.3, -0.25) is 9.88 Å². The van der Waals surface area contributed by atoms with Crippen molar-refractivity contribution in [2.24, 2.45) is 0 Å². The number of hydrogen-bond donors (Lipinski definition) is 1. The van der Waals surface area contributed by atoms with Crippen LogP contribution >= 0.6 is 0 Å². The second kappa shape index (κ2) is 7.58. The average molecular weight is 262 g/mol. The fraction of sp³-hybridized carbons (Fsp3) is 0.667. The third-order valence-corrected chi connectivity index (χ3v) is 3.79. The molecule has 0 aliphatic carbocycles. The Morgan fingerprint density at radius 2 is 2.26 bits per heavy atom. The summed E-state index contributed by atoms with van der Waals surface area (Å²) in [6.45, 7) is 8.98. The number of rotatable bonds is 5. The van der Waals surface area contributed by atoms with E-state index in [4.69, 9.17) is 0 Å². The van der Waals surface area contributed by atoms with Gasteiger partial charge in [-0.25, -0.2) is 0 Å². The summed E-state index contributed by atoms with van der Waals surface area (Å²) in [5, 5.41) is 3.48. The molecule has 0 radical (unpaired) electrons. The predicted octanol–water partition coefficient (Wildman–Crippen LogP) is 1.20. The molecule has 1 atom stereocenters. The van der Waals surface area contributed by atoms with Crippen LogP contribution in [0.5, 0.6) is 0 Å². The number of nitrogens with zero attached hydrogens (tertiary/aromatic N) is 3. The van der Waals surface area contributed by atoms with E-state index in [9.17, 15) is 0 Å². The molecule has 0 aromatic carbocycles. The summed E-state index contributed by atoms with van der Waals surface area (Å²) < 4.78 is 0. The van der Waals surface area contributed by atoms with Crippen LogP contribution in [-0.2, 0) is 6.54 Å². The van der Waals surface area contributed by atoms with E-state index in [1.165, 1.54) is 26.1 Å². The van der Waals surface area contributed by atoms with Crippen LogP contribution < -0.4 is 5.32 Å². The molecular formula is C15H26N4. The molecule has 19 heavy (non-hydrogen) atoms. The first-order chi connectivity index (χ1) is 9.25. The lowest BCUT2D eigenvalue weighted by atomic mass is 10.2. The van der Waals surface area contributed by atoms with Gasteiger partial charge in [0, 0.05) is 38.4 Å². The maximum absolute atomic E-state index is 4.32. The molecule has 1 unspecified atom stereocenters. The van der Waals surface area contributed by atoms with Gasteiger partial charge in [-0.1, -0.05) is 6.07 Å². The highest BCUT2D eigenvalue weighted by Crippen LogP contribution is 2.07. The quantitative estimate of drug-likeness (QED) is 0.808. The van der Waals surface area contributed by atoms with E-state index in [0.29, 0.717) is 6.04 Å². The Morgan fingerprint density at radius 1 is 1.37 bits per heavy atom. The molecule has 1 aliphatic heterocycles. The van der Waals surface area contributed by atoms with Gasteiger partial charge in [0.25, 0.3) is 0 Å². The number of aromatic nitrogens is 1. The minimum Gasteiger partial charge on any atom is -0.310 e. The Hall–Kier alpha value is -0.970. The van der Waals surface area contributed by atoms with Gasteiger partial charge >= 0.3 is 0 Å². The van der Waals surface area contributed by atoms with Gasteiger partial charge in [-0.2, -0.15) is 0 Å². The van der Waals surface area contributed by atoms with Crippen molar-refractivity contribution < 1.29 is 0 Å². The van der Waals surface area contributed by atoms with Crippen LogP contribution in [0, 0.1) is 0 Å². The minimum absolute atomic E-state index is 0.657. The summed E-state index contributed by atoms with van der Waals surface area (Å²) in [7, 11) is 2.22. The van der Waals surface area contributed by atoms with Gasteiger partial charge in [-0.15, -0.1) is 0 Å². The molecular weight excluding hydrogens is 236 g/mol. The molecule has 1 aromatic heterocycles. The fourth-order valence-corrected chi connectivity index (χ4v) is 2.70. The van der Waals surface area contributed by atoms with E-state index in [-0.39, 0.29) is 0 Å². The first kappa shape index (κ1) is 14.4. The third-order valence-electron chi connectivity index (χ3n) is 3.79. The molecule has 4 heteroatoms. The lowest BCUT2D eigenvalue weighted by Crippen LogP contribution is -2.41. The maximum atomic E-state index is 4.32. The van der Waals surface area contributed by atoms with Crippen molar-refractivity contribution in [1.29, 1.82) is 0 Å². The Balaban J connectivity index is 1.67. The molecule has 1 fully saturated rings. The summed E-state index contributed by atoms with van der Waals surface area (Å²) in [4.78, 5) is 9.35. The summed E-state index contributed by atoms with van der Waals surface area (Å²) >= 11 is 0. The summed E-state index contributed by atoms with van der Waals surface area (Å²) in [5.74, 6) is 0. The average Bonchev–Trinajstić information content (AvgIpc) is 2.57. The van der Waals surface area contributed by atoms with Gasteiger partial charge in [0.2, 0.25) is 0 Å². The molecule has 1 aliphatic rings. The van der Waals surface area contributed by atoms with E-state index in [1.807, 2.05) is 18.3 Å². The largest absolute Gasteiger partial charge is 0.310 e. The number of likely N-dealkylation sites (N-methyl/N-ethyl adjacent to an activating group) is 1. The van der Waals surface area contributed by atoms with Crippen molar-refractivity contribution in [1.82, 2.24) is 20.1 Å². The predicted molar refractivity (Wildman–Crippen MR) is 79.1 cm³/mol. The van der Waals surface area contributed by atoms with Crippen LogP contribution in [0.1, 0.15) is 19.0 Å². The van der Waals surface area contributed by atoms with Crippen LogP contribution in [0.25, 0.3) is 0 Å². The van der Waals surface area contributed by atoms with Crippen molar-refractivity contribution in [3.63, 3.8) is 0 Å². The second-order valence-corrected chi connectivity index (χ2v) is 5.50. The smallest absolute Gasteiger partial charge is 0.0541 e. The Kier molecular flexibility index (Phi) is 5.76. The standard InChI is InChI=1S/C15H26N4/c1-14-13-18(2)9-5-10-19(14)11-8-16-12-15-6-3-4-7-17-15/h3-4,6-7,14,16H,5,8-13H2,1-2H3. The zero-order chi connectivity index (χ0) is 13.5. The van der Waals surface area contributed by atoms with E-state index in [1.54, 1.807) is 0 Å². The molecule has 106 valence electrons. The first-order valence-corrected chi connectivity index (χ1v) is 7.29. The summed E-state index contributed by atoms with van der Waals surface area (Å²) in [6.07, 6.45) is 3.13. The molecule has 0 amide bonds. The number of hydrogen-bond acceptors (Lipinski definition) is 4. The maximum Gasteiger partial charge on any atom is 0.0541 e.